The molecule has 1 aromatic heterocycles. The average molecular weight is 211 g/mol. The van der Waals surface area contributed by atoms with E-state index in [1.54, 1.807) is 11.3 Å². The van der Waals surface area contributed by atoms with Crippen molar-refractivity contribution in [2.75, 3.05) is 19.6 Å². The summed E-state index contributed by atoms with van der Waals surface area (Å²) in [5.41, 5.74) is 2.16. The number of aromatic nitrogens is 1. The molecule has 0 atom stereocenters. The Bertz CT molecular complexity index is 282. The van der Waals surface area contributed by atoms with Crippen LogP contribution in [0.5, 0.6) is 0 Å². The van der Waals surface area contributed by atoms with Crippen LogP contribution in [0.2, 0.25) is 0 Å². The van der Waals surface area contributed by atoms with E-state index < -0.39 is 0 Å². The van der Waals surface area contributed by atoms with E-state index in [1.165, 1.54) is 4.88 Å². The van der Waals surface area contributed by atoms with Crippen LogP contribution in [0.3, 0.4) is 0 Å². The lowest BCUT2D eigenvalue weighted by Gasteiger charge is -2.38. The van der Waals surface area contributed by atoms with Crippen LogP contribution >= 0.6 is 11.3 Å². The normalized spacial score (nSPS) is 22.4. The van der Waals surface area contributed by atoms with Gasteiger partial charge in [-0.25, -0.2) is 0 Å². The summed E-state index contributed by atoms with van der Waals surface area (Å²) in [5, 5.41) is 3.51. The Morgan fingerprint density at radius 1 is 1.64 bits per heavy atom. The fourth-order valence-corrected chi connectivity index (χ4v) is 2.56. The summed E-state index contributed by atoms with van der Waals surface area (Å²) in [6.07, 6.45) is 1.97. The van der Waals surface area contributed by atoms with Crippen molar-refractivity contribution in [3.05, 3.63) is 16.6 Å². The summed E-state index contributed by atoms with van der Waals surface area (Å²) in [4.78, 5) is 7.95. The molecule has 0 aliphatic carbocycles. The molecule has 4 heteroatoms. The van der Waals surface area contributed by atoms with Crippen LogP contribution in [-0.4, -0.2) is 35.1 Å². The maximum Gasteiger partial charge on any atom is 0.0794 e. The molecule has 1 aliphatic heterocycles. The third-order valence-corrected chi connectivity index (χ3v) is 3.28. The maximum absolute atomic E-state index is 4.10. The SMILES string of the molecule is CC1(C)CN(Cc2cncs2)CCN1. The molecule has 0 spiro atoms. The molecule has 1 N–H and O–H groups in total. The highest BCUT2D eigenvalue weighted by Crippen LogP contribution is 2.15. The van der Waals surface area contributed by atoms with Crippen LogP contribution in [0.4, 0.5) is 0 Å². The van der Waals surface area contributed by atoms with Gasteiger partial charge in [-0.3, -0.25) is 9.88 Å². The minimum absolute atomic E-state index is 0.253. The molecule has 3 nitrogen and oxygen atoms in total. The number of nitrogens with zero attached hydrogens (tertiary/aromatic N) is 2. The summed E-state index contributed by atoms with van der Waals surface area (Å²) in [7, 11) is 0. The third-order valence-electron chi connectivity index (χ3n) is 2.51. The molecular weight excluding hydrogens is 194 g/mol. The Kier molecular flexibility index (Phi) is 2.85. The predicted octanol–water partition coefficient (Wildman–Crippen LogP) is 1.33. The Balaban J connectivity index is 1.92. The molecule has 0 amide bonds. The number of hydrogen-bond donors (Lipinski definition) is 1. The van der Waals surface area contributed by atoms with Gasteiger partial charge >= 0.3 is 0 Å². The van der Waals surface area contributed by atoms with Crippen molar-refractivity contribution in [3.8, 4) is 0 Å². The molecule has 1 fully saturated rings. The lowest BCUT2D eigenvalue weighted by molar-refractivity contribution is 0.149. The summed E-state index contributed by atoms with van der Waals surface area (Å²) in [5.74, 6) is 0. The van der Waals surface area contributed by atoms with E-state index in [1.807, 2.05) is 11.7 Å². The smallest absolute Gasteiger partial charge is 0.0794 e. The molecule has 78 valence electrons. The monoisotopic (exact) mass is 211 g/mol. The van der Waals surface area contributed by atoms with Crippen molar-refractivity contribution in [3.63, 3.8) is 0 Å². The van der Waals surface area contributed by atoms with Gasteiger partial charge in [0.25, 0.3) is 0 Å². The highest BCUT2D eigenvalue weighted by atomic mass is 32.1. The summed E-state index contributed by atoms with van der Waals surface area (Å²) < 4.78 is 0. The lowest BCUT2D eigenvalue weighted by atomic mass is 10.0. The molecule has 2 rings (SSSR count). The van der Waals surface area contributed by atoms with Gasteiger partial charge in [0.05, 0.1) is 5.51 Å². The number of thiazole rings is 1. The van der Waals surface area contributed by atoms with Gasteiger partial charge in [0, 0.05) is 42.8 Å². The van der Waals surface area contributed by atoms with Gasteiger partial charge < -0.3 is 5.32 Å². The van der Waals surface area contributed by atoms with Gasteiger partial charge in [-0.15, -0.1) is 11.3 Å². The maximum atomic E-state index is 4.10. The molecule has 0 saturated carbocycles. The molecule has 0 radical (unpaired) electrons. The van der Waals surface area contributed by atoms with Crippen LogP contribution in [0.1, 0.15) is 18.7 Å². The molecule has 0 bridgehead atoms. The second-order valence-electron chi connectivity index (χ2n) is 4.49. The lowest BCUT2D eigenvalue weighted by Crippen LogP contribution is -2.56. The zero-order valence-corrected chi connectivity index (χ0v) is 9.60. The van der Waals surface area contributed by atoms with Gasteiger partial charge in [-0.1, -0.05) is 0 Å². The highest BCUT2D eigenvalue weighted by Gasteiger charge is 2.25. The van der Waals surface area contributed by atoms with Crippen molar-refractivity contribution in [2.45, 2.75) is 25.9 Å². The fourth-order valence-electron chi connectivity index (χ4n) is 1.92. The predicted molar refractivity (Wildman–Crippen MR) is 59.5 cm³/mol. The summed E-state index contributed by atoms with van der Waals surface area (Å²) in [6.45, 7) is 8.91. The fraction of sp³-hybridized carbons (Fsp3) is 0.700. The van der Waals surface area contributed by atoms with E-state index in [2.05, 4.69) is 29.0 Å². The zero-order valence-electron chi connectivity index (χ0n) is 8.79. The first-order valence-corrected chi connectivity index (χ1v) is 5.88. The van der Waals surface area contributed by atoms with Crippen molar-refractivity contribution < 1.29 is 0 Å². The van der Waals surface area contributed by atoms with Crippen molar-refractivity contribution in [2.24, 2.45) is 0 Å². The van der Waals surface area contributed by atoms with Gasteiger partial charge in [-0.05, 0) is 13.8 Å². The van der Waals surface area contributed by atoms with Crippen LogP contribution < -0.4 is 5.32 Å². The molecule has 2 heterocycles. The highest BCUT2D eigenvalue weighted by molar-refractivity contribution is 7.09. The Labute approximate surface area is 89.1 Å². The topological polar surface area (TPSA) is 28.2 Å². The number of nitrogens with one attached hydrogen (secondary N) is 1. The van der Waals surface area contributed by atoms with Crippen LogP contribution in [0, 0.1) is 0 Å². The second kappa shape index (κ2) is 3.96. The molecule has 1 aromatic rings. The van der Waals surface area contributed by atoms with Gasteiger partial charge in [0.1, 0.15) is 0 Å². The van der Waals surface area contributed by atoms with Crippen LogP contribution in [0.25, 0.3) is 0 Å². The summed E-state index contributed by atoms with van der Waals surface area (Å²) >= 11 is 1.74. The number of hydrogen-bond acceptors (Lipinski definition) is 4. The van der Waals surface area contributed by atoms with E-state index >= 15 is 0 Å². The Hall–Kier alpha value is -0.450. The molecule has 1 aliphatic rings. The molecular formula is C10H17N3S. The van der Waals surface area contributed by atoms with E-state index in [0.29, 0.717) is 0 Å². The van der Waals surface area contributed by atoms with Crippen molar-refractivity contribution in [1.29, 1.82) is 0 Å². The van der Waals surface area contributed by atoms with Gasteiger partial charge in [0.15, 0.2) is 0 Å². The molecule has 1 saturated heterocycles. The zero-order chi connectivity index (χ0) is 10.0. The standard InChI is InChI=1S/C10H17N3S/c1-10(2)7-13(4-3-12-10)6-9-5-11-8-14-9/h5,8,12H,3-4,6-7H2,1-2H3. The van der Waals surface area contributed by atoms with E-state index in [4.69, 9.17) is 0 Å². The Morgan fingerprint density at radius 2 is 2.50 bits per heavy atom. The van der Waals surface area contributed by atoms with Crippen LogP contribution in [-0.2, 0) is 6.54 Å². The van der Waals surface area contributed by atoms with Crippen molar-refractivity contribution in [1.82, 2.24) is 15.2 Å². The summed E-state index contributed by atoms with van der Waals surface area (Å²) in [6, 6.07) is 0. The number of rotatable bonds is 2. The third kappa shape index (κ3) is 2.53. The first-order chi connectivity index (χ1) is 6.66. The molecule has 14 heavy (non-hydrogen) atoms. The van der Waals surface area contributed by atoms with Gasteiger partial charge in [0.2, 0.25) is 0 Å². The first kappa shape index (κ1) is 10.1. The van der Waals surface area contributed by atoms with Gasteiger partial charge in [-0.2, -0.15) is 0 Å². The van der Waals surface area contributed by atoms with E-state index in [9.17, 15) is 0 Å². The van der Waals surface area contributed by atoms with Crippen molar-refractivity contribution >= 4 is 11.3 Å². The largest absolute Gasteiger partial charge is 0.309 e. The quantitative estimate of drug-likeness (QED) is 0.800. The minimum atomic E-state index is 0.253. The number of piperazine rings is 1. The molecule has 0 aromatic carbocycles. The van der Waals surface area contributed by atoms with E-state index in [0.717, 1.165) is 26.2 Å². The first-order valence-electron chi connectivity index (χ1n) is 5.00. The minimum Gasteiger partial charge on any atom is -0.309 e. The molecule has 0 unspecified atom stereocenters. The average Bonchev–Trinajstić information content (AvgIpc) is 2.54. The Morgan fingerprint density at radius 3 is 3.14 bits per heavy atom. The van der Waals surface area contributed by atoms with Crippen LogP contribution in [0.15, 0.2) is 11.7 Å². The van der Waals surface area contributed by atoms with E-state index in [-0.39, 0.29) is 5.54 Å². The second-order valence-corrected chi connectivity index (χ2v) is 5.46.